The van der Waals surface area contributed by atoms with Gasteiger partial charge >= 0.3 is 0 Å². The molecule has 0 radical (unpaired) electrons. The normalized spacial score (nSPS) is 10.9. The zero-order chi connectivity index (χ0) is 15.0. The van der Waals surface area contributed by atoms with E-state index in [0.717, 1.165) is 48.9 Å². The zero-order valence-corrected chi connectivity index (χ0v) is 13.3. The summed E-state index contributed by atoms with van der Waals surface area (Å²) in [5, 5.41) is 3.41. The highest BCUT2D eigenvalue weighted by Crippen LogP contribution is 2.20. The van der Waals surface area contributed by atoms with Crippen molar-refractivity contribution in [2.45, 2.75) is 59.8 Å². The maximum atomic E-state index is 5.53. The van der Waals surface area contributed by atoms with Crippen molar-refractivity contribution in [3.63, 3.8) is 0 Å². The summed E-state index contributed by atoms with van der Waals surface area (Å²) < 4.78 is 0. The van der Waals surface area contributed by atoms with E-state index < -0.39 is 0 Å². The molecule has 0 aromatic carbocycles. The van der Waals surface area contributed by atoms with Crippen LogP contribution in [-0.2, 0) is 6.42 Å². The Morgan fingerprint density at radius 1 is 1.15 bits per heavy atom. The fourth-order valence-electron chi connectivity index (χ4n) is 2.10. The lowest BCUT2D eigenvalue weighted by atomic mass is 10.1. The molecule has 0 aliphatic carbocycles. The van der Waals surface area contributed by atoms with Gasteiger partial charge in [-0.2, -0.15) is 0 Å². The molecule has 1 aromatic rings. The van der Waals surface area contributed by atoms with Crippen molar-refractivity contribution in [3.8, 4) is 0 Å². The Hall–Kier alpha value is -1.36. The van der Waals surface area contributed by atoms with Gasteiger partial charge in [-0.15, -0.1) is 0 Å². The van der Waals surface area contributed by atoms with Crippen LogP contribution in [0.4, 0.5) is 11.6 Å². The van der Waals surface area contributed by atoms with E-state index in [1.165, 1.54) is 12.8 Å². The van der Waals surface area contributed by atoms with Crippen molar-refractivity contribution in [1.29, 1.82) is 0 Å². The van der Waals surface area contributed by atoms with Gasteiger partial charge in [0.1, 0.15) is 17.5 Å². The second-order valence-corrected chi connectivity index (χ2v) is 5.67. The van der Waals surface area contributed by atoms with Crippen molar-refractivity contribution in [2.75, 3.05) is 17.3 Å². The minimum atomic E-state index is 0.716. The number of rotatable bonds is 9. The lowest BCUT2D eigenvalue weighted by molar-refractivity contribution is 0.544. The fraction of sp³-hybridized carbons (Fsp3) is 0.733. The Labute approximate surface area is 122 Å². The maximum Gasteiger partial charge on any atom is 0.148 e. The fourth-order valence-corrected chi connectivity index (χ4v) is 2.10. The minimum Gasteiger partial charge on any atom is -0.370 e. The Balaban J connectivity index is 2.61. The molecule has 5 nitrogen and oxygen atoms in total. The molecule has 1 rings (SSSR count). The number of nitrogens with one attached hydrogen (secondary N) is 2. The second-order valence-electron chi connectivity index (χ2n) is 5.67. The van der Waals surface area contributed by atoms with E-state index in [2.05, 4.69) is 41.5 Å². The molecule has 0 aliphatic heterocycles. The van der Waals surface area contributed by atoms with Gasteiger partial charge in [-0.25, -0.2) is 15.8 Å². The monoisotopic (exact) mass is 279 g/mol. The number of unbranched alkanes of at least 4 members (excludes halogenated alkanes) is 1. The zero-order valence-electron chi connectivity index (χ0n) is 13.3. The van der Waals surface area contributed by atoms with Crippen LogP contribution in [0.1, 0.15) is 57.8 Å². The van der Waals surface area contributed by atoms with Gasteiger partial charge in [-0.05, 0) is 25.7 Å². The number of hydrogen-bond donors (Lipinski definition) is 3. The van der Waals surface area contributed by atoms with E-state index in [9.17, 15) is 0 Å². The van der Waals surface area contributed by atoms with Crippen LogP contribution in [0.2, 0.25) is 0 Å². The molecule has 0 spiro atoms. The van der Waals surface area contributed by atoms with Gasteiger partial charge in [0, 0.05) is 18.5 Å². The van der Waals surface area contributed by atoms with Gasteiger partial charge in [-0.1, -0.05) is 33.6 Å². The van der Waals surface area contributed by atoms with Crippen molar-refractivity contribution in [3.05, 3.63) is 11.4 Å². The smallest absolute Gasteiger partial charge is 0.148 e. The molecular formula is C15H29N5. The molecule has 4 N–H and O–H groups in total. The molecule has 0 unspecified atom stereocenters. The molecule has 5 heteroatoms. The first kappa shape index (κ1) is 16.7. The largest absolute Gasteiger partial charge is 0.370 e. The van der Waals surface area contributed by atoms with Crippen LogP contribution in [0.25, 0.3) is 0 Å². The summed E-state index contributed by atoms with van der Waals surface area (Å²) in [6.45, 7) is 9.58. The van der Waals surface area contributed by atoms with Gasteiger partial charge in [0.05, 0.1) is 0 Å². The van der Waals surface area contributed by atoms with Crippen LogP contribution in [0.5, 0.6) is 0 Å². The van der Waals surface area contributed by atoms with Crippen LogP contribution in [-0.4, -0.2) is 16.5 Å². The number of anilines is 2. The Bertz CT molecular complexity index is 403. The Morgan fingerprint density at radius 2 is 1.85 bits per heavy atom. The maximum absolute atomic E-state index is 5.53. The number of hydrazine groups is 1. The second kappa shape index (κ2) is 8.74. The summed E-state index contributed by atoms with van der Waals surface area (Å²) in [4.78, 5) is 9.01. The lowest BCUT2D eigenvalue weighted by Crippen LogP contribution is -2.15. The van der Waals surface area contributed by atoms with Crippen LogP contribution in [0, 0.1) is 12.8 Å². The average molecular weight is 279 g/mol. The van der Waals surface area contributed by atoms with Crippen molar-refractivity contribution >= 4 is 11.6 Å². The van der Waals surface area contributed by atoms with Gasteiger partial charge in [0.15, 0.2) is 0 Å². The summed E-state index contributed by atoms with van der Waals surface area (Å²) in [6.07, 6.45) is 5.59. The molecule has 0 aliphatic rings. The van der Waals surface area contributed by atoms with E-state index in [4.69, 9.17) is 5.84 Å². The highest BCUT2D eigenvalue weighted by molar-refractivity contribution is 5.56. The molecular weight excluding hydrogens is 250 g/mol. The molecule has 0 amide bonds. The highest BCUT2D eigenvalue weighted by atomic mass is 15.3. The summed E-state index contributed by atoms with van der Waals surface area (Å²) in [6, 6.07) is 0. The Morgan fingerprint density at radius 3 is 2.45 bits per heavy atom. The van der Waals surface area contributed by atoms with Crippen LogP contribution in [0.3, 0.4) is 0 Å². The van der Waals surface area contributed by atoms with Crippen LogP contribution in [0.15, 0.2) is 0 Å². The lowest BCUT2D eigenvalue weighted by Gasteiger charge is -2.13. The van der Waals surface area contributed by atoms with Gasteiger partial charge in [0.2, 0.25) is 0 Å². The van der Waals surface area contributed by atoms with Crippen molar-refractivity contribution < 1.29 is 0 Å². The van der Waals surface area contributed by atoms with Crippen LogP contribution >= 0.6 is 0 Å². The molecule has 0 saturated heterocycles. The third-order valence-electron chi connectivity index (χ3n) is 3.30. The summed E-state index contributed by atoms with van der Waals surface area (Å²) in [7, 11) is 0. The summed E-state index contributed by atoms with van der Waals surface area (Å²) in [5.74, 6) is 8.77. The standard InChI is InChI=1S/C15H29N5/c1-5-8-13-18-14(12(4)15(19-13)20-16)17-10-7-6-9-11(2)3/h11H,5-10,16H2,1-4H3,(H2,17,18,19,20). The minimum absolute atomic E-state index is 0.716. The van der Waals surface area contributed by atoms with Crippen LogP contribution < -0.4 is 16.6 Å². The molecule has 0 atom stereocenters. The first-order valence-corrected chi connectivity index (χ1v) is 7.66. The predicted octanol–water partition coefficient (Wildman–Crippen LogP) is 3.26. The molecule has 1 heterocycles. The Kier molecular flexibility index (Phi) is 7.30. The average Bonchev–Trinajstić information content (AvgIpc) is 2.41. The van der Waals surface area contributed by atoms with Gasteiger partial charge in [0.25, 0.3) is 0 Å². The predicted molar refractivity (Wildman–Crippen MR) is 85.8 cm³/mol. The summed E-state index contributed by atoms with van der Waals surface area (Å²) >= 11 is 0. The van der Waals surface area contributed by atoms with E-state index >= 15 is 0 Å². The van der Waals surface area contributed by atoms with E-state index in [0.29, 0.717) is 5.82 Å². The molecule has 1 aromatic heterocycles. The van der Waals surface area contributed by atoms with Gasteiger partial charge in [-0.3, -0.25) is 0 Å². The van der Waals surface area contributed by atoms with E-state index in [1.54, 1.807) is 0 Å². The topological polar surface area (TPSA) is 75.9 Å². The number of aryl methyl sites for hydroxylation is 1. The SMILES string of the molecule is CCCc1nc(NN)c(C)c(NCCCCC(C)C)n1. The molecule has 0 fully saturated rings. The molecule has 0 saturated carbocycles. The number of nitrogens with zero attached hydrogens (tertiary/aromatic N) is 2. The number of hydrogen-bond acceptors (Lipinski definition) is 5. The van der Waals surface area contributed by atoms with Crippen molar-refractivity contribution in [2.24, 2.45) is 11.8 Å². The third kappa shape index (κ3) is 5.33. The van der Waals surface area contributed by atoms with Crippen molar-refractivity contribution in [1.82, 2.24) is 9.97 Å². The summed E-state index contributed by atoms with van der Waals surface area (Å²) in [5.41, 5.74) is 3.64. The molecule has 114 valence electrons. The quantitative estimate of drug-likeness (QED) is 0.367. The first-order chi connectivity index (χ1) is 9.58. The van der Waals surface area contributed by atoms with E-state index in [1.807, 2.05) is 6.92 Å². The molecule has 20 heavy (non-hydrogen) atoms. The first-order valence-electron chi connectivity index (χ1n) is 7.66. The third-order valence-corrected chi connectivity index (χ3v) is 3.30. The highest BCUT2D eigenvalue weighted by Gasteiger charge is 2.09. The van der Waals surface area contributed by atoms with Gasteiger partial charge < -0.3 is 10.7 Å². The van der Waals surface area contributed by atoms with E-state index in [-0.39, 0.29) is 0 Å². The molecule has 0 bridgehead atoms. The number of aromatic nitrogens is 2. The number of nitrogens with two attached hydrogens (primary N) is 1. The number of nitrogen functional groups attached to an aromatic ring is 1.